The van der Waals surface area contributed by atoms with E-state index in [2.05, 4.69) is 0 Å². The van der Waals surface area contributed by atoms with Crippen LogP contribution in [0.5, 0.6) is 5.75 Å². The van der Waals surface area contributed by atoms with Gasteiger partial charge in [0.05, 0.1) is 13.7 Å². The molecule has 0 atom stereocenters. The molecule has 0 heterocycles. The molecule has 1 rings (SSSR count). The molecule has 0 aliphatic rings. The number of rotatable bonds is 2. The smallest absolute Gasteiger partial charge is 1.00 e. The first-order chi connectivity index (χ1) is 4.86. The van der Waals surface area contributed by atoms with Crippen molar-refractivity contribution in [2.24, 2.45) is 0 Å². The zero-order valence-electron chi connectivity index (χ0n) is 7.87. The standard InChI is InChI=1S/C8H10O2.Na.H/c1-10-8-4-2-7(6-9)3-5-8;;/h2-5,9H,6H2,1H3;;/q;+1;-1. The summed E-state index contributed by atoms with van der Waals surface area (Å²) in [6.45, 7) is 0.0873. The first-order valence-corrected chi connectivity index (χ1v) is 3.10. The molecule has 0 aromatic heterocycles. The van der Waals surface area contributed by atoms with Crippen LogP contribution >= 0.6 is 0 Å². The summed E-state index contributed by atoms with van der Waals surface area (Å²) in [6, 6.07) is 7.31. The Kier molecular flexibility index (Phi) is 5.60. The molecule has 0 aliphatic carbocycles. The number of aliphatic hydroxyl groups excluding tert-OH is 1. The Morgan fingerprint density at radius 2 is 1.91 bits per heavy atom. The molecule has 0 unspecified atom stereocenters. The van der Waals surface area contributed by atoms with Gasteiger partial charge in [-0.05, 0) is 17.7 Å². The number of aliphatic hydroxyl groups is 1. The zero-order valence-corrected chi connectivity index (χ0v) is 8.87. The van der Waals surface area contributed by atoms with Crippen molar-refractivity contribution in [3.63, 3.8) is 0 Å². The third-order valence-electron chi connectivity index (χ3n) is 1.34. The van der Waals surface area contributed by atoms with Crippen molar-refractivity contribution in [2.45, 2.75) is 6.61 Å². The first kappa shape index (κ1) is 11.0. The van der Waals surface area contributed by atoms with Gasteiger partial charge >= 0.3 is 29.6 Å². The van der Waals surface area contributed by atoms with Crippen LogP contribution in [0.1, 0.15) is 6.99 Å². The summed E-state index contributed by atoms with van der Waals surface area (Å²) < 4.78 is 4.93. The summed E-state index contributed by atoms with van der Waals surface area (Å²) in [7, 11) is 1.62. The number of hydrogen-bond acceptors (Lipinski definition) is 2. The molecule has 1 N–H and O–H groups in total. The van der Waals surface area contributed by atoms with Gasteiger partial charge in [0.15, 0.2) is 0 Å². The molecule has 0 aliphatic heterocycles. The van der Waals surface area contributed by atoms with E-state index >= 15 is 0 Å². The fourth-order valence-electron chi connectivity index (χ4n) is 0.731. The van der Waals surface area contributed by atoms with E-state index in [4.69, 9.17) is 9.84 Å². The minimum Gasteiger partial charge on any atom is -1.00 e. The molecule has 2 nitrogen and oxygen atoms in total. The van der Waals surface area contributed by atoms with E-state index in [1.165, 1.54) is 0 Å². The fourth-order valence-corrected chi connectivity index (χ4v) is 0.731. The maximum atomic E-state index is 8.66. The minimum atomic E-state index is 0. The van der Waals surface area contributed by atoms with E-state index in [1.54, 1.807) is 7.11 Å². The average molecular weight is 162 g/mol. The SMILES string of the molecule is COc1ccc(CO)cc1.[H-].[Na+]. The Morgan fingerprint density at radius 1 is 1.36 bits per heavy atom. The Bertz CT molecular complexity index is 178. The largest absolute Gasteiger partial charge is 1.00 e. The van der Waals surface area contributed by atoms with Crippen LogP contribution in [0.4, 0.5) is 0 Å². The summed E-state index contributed by atoms with van der Waals surface area (Å²) in [6.07, 6.45) is 0. The van der Waals surface area contributed by atoms with Crippen LogP contribution in [0.25, 0.3) is 0 Å². The minimum absolute atomic E-state index is 0. The summed E-state index contributed by atoms with van der Waals surface area (Å²) in [5.41, 5.74) is 0.904. The van der Waals surface area contributed by atoms with Crippen molar-refractivity contribution in [3.05, 3.63) is 29.8 Å². The van der Waals surface area contributed by atoms with Crippen LogP contribution in [0.15, 0.2) is 24.3 Å². The third kappa shape index (κ3) is 3.25. The molecule has 0 spiro atoms. The second kappa shape index (κ2) is 5.61. The Balaban J connectivity index is 0. The van der Waals surface area contributed by atoms with Crippen LogP contribution in [0.2, 0.25) is 0 Å². The molecule has 0 bridgehead atoms. The number of hydrogen-bond donors (Lipinski definition) is 1. The third-order valence-corrected chi connectivity index (χ3v) is 1.34. The Labute approximate surface area is 90.0 Å². The molecule has 1 aromatic rings. The van der Waals surface area contributed by atoms with Gasteiger partial charge in [-0.25, -0.2) is 0 Å². The van der Waals surface area contributed by atoms with Crippen molar-refractivity contribution < 1.29 is 40.8 Å². The Hall–Kier alpha value is -0.0200. The predicted molar refractivity (Wildman–Crippen MR) is 40.0 cm³/mol. The summed E-state index contributed by atoms with van der Waals surface area (Å²) >= 11 is 0. The van der Waals surface area contributed by atoms with Crippen LogP contribution in [0.3, 0.4) is 0 Å². The molecule has 56 valence electrons. The average Bonchev–Trinajstić information content (AvgIpc) is 2.05. The number of methoxy groups -OCH3 is 1. The van der Waals surface area contributed by atoms with Gasteiger partial charge in [0.2, 0.25) is 0 Å². The number of benzene rings is 1. The fraction of sp³-hybridized carbons (Fsp3) is 0.250. The maximum absolute atomic E-state index is 8.66. The van der Waals surface area contributed by atoms with Gasteiger partial charge in [-0.2, -0.15) is 0 Å². The zero-order chi connectivity index (χ0) is 7.40. The summed E-state index contributed by atoms with van der Waals surface area (Å²) in [5.74, 6) is 0.817. The quantitative estimate of drug-likeness (QED) is 0.525. The van der Waals surface area contributed by atoms with Crippen LogP contribution in [-0.2, 0) is 6.61 Å². The molecule has 0 amide bonds. The molecule has 1 aromatic carbocycles. The summed E-state index contributed by atoms with van der Waals surface area (Å²) in [4.78, 5) is 0. The normalized spacial score (nSPS) is 8.55. The van der Waals surface area contributed by atoms with E-state index in [0.29, 0.717) is 0 Å². The predicted octanol–water partition coefficient (Wildman–Crippen LogP) is -1.70. The van der Waals surface area contributed by atoms with Crippen LogP contribution in [0, 0.1) is 0 Å². The molecule has 0 fully saturated rings. The van der Waals surface area contributed by atoms with Gasteiger partial charge in [-0.3, -0.25) is 0 Å². The first-order valence-electron chi connectivity index (χ1n) is 3.10. The monoisotopic (exact) mass is 162 g/mol. The second-order valence-corrected chi connectivity index (χ2v) is 2.01. The molecule has 0 radical (unpaired) electrons. The van der Waals surface area contributed by atoms with Gasteiger partial charge in [0, 0.05) is 0 Å². The van der Waals surface area contributed by atoms with Crippen molar-refractivity contribution in [3.8, 4) is 5.75 Å². The molecule has 0 saturated heterocycles. The van der Waals surface area contributed by atoms with Gasteiger partial charge in [0.1, 0.15) is 5.75 Å². The van der Waals surface area contributed by atoms with E-state index in [0.717, 1.165) is 11.3 Å². The number of ether oxygens (including phenoxy) is 1. The van der Waals surface area contributed by atoms with Crippen LogP contribution < -0.4 is 34.3 Å². The second-order valence-electron chi connectivity index (χ2n) is 2.01. The molecular formula is C8H11NaO2. The molecule has 11 heavy (non-hydrogen) atoms. The van der Waals surface area contributed by atoms with E-state index < -0.39 is 0 Å². The molecular weight excluding hydrogens is 151 g/mol. The van der Waals surface area contributed by atoms with Crippen molar-refractivity contribution in [2.75, 3.05) is 7.11 Å². The van der Waals surface area contributed by atoms with Gasteiger partial charge < -0.3 is 11.3 Å². The van der Waals surface area contributed by atoms with Crippen molar-refractivity contribution in [1.82, 2.24) is 0 Å². The van der Waals surface area contributed by atoms with E-state index in [-0.39, 0.29) is 37.6 Å². The topological polar surface area (TPSA) is 29.5 Å². The van der Waals surface area contributed by atoms with Crippen molar-refractivity contribution >= 4 is 0 Å². The molecule has 3 heteroatoms. The Morgan fingerprint density at radius 3 is 2.27 bits per heavy atom. The summed E-state index contributed by atoms with van der Waals surface area (Å²) in [5, 5.41) is 8.66. The van der Waals surface area contributed by atoms with Gasteiger partial charge in [-0.1, -0.05) is 12.1 Å². The maximum Gasteiger partial charge on any atom is 1.00 e. The van der Waals surface area contributed by atoms with Crippen LogP contribution in [-0.4, -0.2) is 12.2 Å². The van der Waals surface area contributed by atoms with E-state index in [1.807, 2.05) is 24.3 Å². The molecule has 0 saturated carbocycles. The van der Waals surface area contributed by atoms with Crippen molar-refractivity contribution in [1.29, 1.82) is 0 Å². The van der Waals surface area contributed by atoms with Gasteiger partial charge in [-0.15, -0.1) is 0 Å². The van der Waals surface area contributed by atoms with Gasteiger partial charge in [0.25, 0.3) is 0 Å². The van der Waals surface area contributed by atoms with E-state index in [9.17, 15) is 0 Å².